The lowest BCUT2D eigenvalue weighted by Crippen LogP contribution is -2.47. The maximum atomic E-state index is 13.9. The molecule has 3 rings (SSSR count). The number of nitrogens with zero attached hydrogens (tertiary/aromatic N) is 1. The largest absolute Gasteiger partial charge is 0.505 e. The van der Waals surface area contributed by atoms with Crippen molar-refractivity contribution in [3.63, 3.8) is 0 Å². The van der Waals surface area contributed by atoms with Gasteiger partial charge in [0.05, 0.1) is 0 Å². The number of aromatic hydroxyl groups is 1. The number of phenolic OH excluding ortho intramolecular Hbond substituents is 1. The Morgan fingerprint density at radius 2 is 1.75 bits per heavy atom. The quantitative estimate of drug-likeness (QED) is 0.782. The van der Waals surface area contributed by atoms with E-state index in [9.17, 15) is 9.50 Å². The van der Waals surface area contributed by atoms with Gasteiger partial charge in [-0.2, -0.15) is 0 Å². The molecule has 0 amide bonds. The van der Waals surface area contributed by atoms with Crippen LogP contribution in [0.25, 0.3) is 0 Å². The molecule has 24 heavy (non-hydrogen) atoms. The molecule has 2 fully saturated rings. The molecule has 0 bridgehead atoms. The van der Waals surface area contributed by atoms with Gasteiger partial charge >= 0.3 is 0 Å². The highest BCUT2D eigenvalue weighted by molar-refractivity contribution is 6.31. The molecule has 0 radical (unpaired) electrons. The van der Waals surface area contributed by atoms with Crippen molar-refractivity contribution >= 4 is 36.4 Å². The Labute approximate surface area is 160 Å². The summed E-state index contributed by atoms with van der Waals surface area (Å²) in [5.41, 5.74) is 0.593. The summed E-state index contributed by atoms with van der Waals surface area (Å²) in [7, 11) is 0. The van der Waals surface area contributed by atoms with Crippen molar-refractivity contribution in [2.45, 2.75) is 38.1 Å². The molecule has 138 valence electrons. The van der Waals surface area contributed by atoms with Crippen molar-refractivity contribution in [1.29, 1.82) is 0 Å². The minimum Gasteiger partial charge on any atom is -0.505 e. The maximum Gasteiger partial charge on any atom is 0.165 e. The highest BCUT2D eigenvalue weighted by Crippen LogP contribution is 2.45. The molecule has 2 aliphatic rings. The molecule has 2 N–H and O–H groups in total. The summed E-state index contributed by atoms with van der Waals surface area (Å²) in [6.45, 7) is 3.68. The Hall–Kier alpha value is -0.260. The van der Waals surface area contributed by atoms with E-state index in [-0.39, 0.29) is 36.6 Å². The SMILES string of the molecule is Cl.Cl.Oc1c(F)ccc(Cl)c1[C@@H](C1CCCCC1)N1CCNCC1. The Kier molecular flexibility index (Phi) is 9.10. The standard InChI is InChI=1S/C17H24ClFN2O.2ClH/c18-13-6-7-14(19)17(22)15(13)16(12-4-2-1-3-5-12)21-10-8-20-9-11-21;;/h6-7,12,16,20,22H,1-5,8-11H2;2*1H/t16-;;/m1../s1. The molecule has 0 spiro atoms. The molecule has 3 nitrogen and oxygen atoms in total. The van der Waals surface area contributed by atoms with Crippen LogP contribution in [0, 0.1) is 11.7 Å². The Bertz CT molecular complexity index is 503. The predicted molar refractivity (Wildman–Crippen MR) is 101 cm³/mol. The van der Waals surface area contributed by atoms with Crippen LogP contribution in [0.4, 0.5) is 4.39 Å². The van der Waals surface area contributed by atoms with E-state index >= 15 is 0 Å². The number of nitrogens with one attached hydrogen (secondary N) is 1. The number of hydrogen-bond donors (Lipinski definition) is 2. The summed E-state index contributed by atoms with van der Waals surface area (Å²) in [6, 6.07) is 2.84. The van der Waals surface area contributed by atoms with Gasteiger partial charge in [0.1, 0.15) is 0 Å². The van der Waals surface area contributed by atoms with Crippen molar-refractivity contribution in [3.05, 3.63) is 28.5 Å². The van der Waals surface area contributed by atoms with E-state index in [1.54, 1.807) is 6.07 Å². The van der Waals surface area contributed by atoms with Gasteiger partial charge in [0.25, 0.3) is 0 Å². The lowest BCUT2D eigenvalue weighted by molar-refractivity contribution is 0.101. The number of phenols is 1. The second kappa shape index (κ2) is 10.0. The van der Waals surface area contributed by atoms with Crippen LogP contribution >= 0.6 is 36.4 Å². The van der Waals surface area contributed by atoms with Gasteiger partial charge < -0.3 is 10.4 Å². The third-order valence-electron chi connectivity index (χ3n) is 5.05. The molecule has 1 saturated heterocycles. The van der Waals surface area contributed by atoms with Crippen LogP contribution in [0.5, 0.6) is 5.75 Å². The highest BCUT2D eigenvalue weighted by Gasteiger charge is 2.34. The fourth-order valence-corrected chi connectivity index (χ4v) is 4.23. The van der Waals surface area contributed by atoms with E-state index in [0.717, 1.165) is 39.0 Å². The predicted octanol–water partition coefficient (Wildman–Crippen LogP) is 4.55. The minimum absolute atomic E-state index is 0. The van der Waals surface area contributed by atoms with Gasteiger partial charge in [-0.1, -0.05) is 30.9 Å². The first-order chi connectivity index (χ1) is 10.7. The van der Waals surface area contributed by atoms with Crippen molar-refractivity contribution < 1.29 is 9.50 Å². The van der Waals surface area contributed by atoms with Crippen molar-refractivity contribution in [1.82, 2.24) is 10.2 Å². The van der Waals surface area contributed by atoms with Gasteiger partial charge in [-0.25, -0.2) is 4.39 Å². The summed E-state index contributed by atoms with van der Waals surface area (Å²) in [5.74, 6) is -0.394. The molecule has 7 heteroatoms. The second-order valence-corrected chi connectivity index (χ2v) is 6.83. The van der Waals surface area contributed by atoms with E-state index in [1.807, 2.05) is 0 Å². The minimum atomic E-state index is -0.574. The van der Waals surface area contributed by atoms with Crippen LogP contribution in [-0.2, 0) is 0 Å². The van der Waals surface area contributed by atoms with E-state index in [1.165, 1.54) is 25.3 Å². The normalized spacial score (nSPS) is 20.8. The van der Waals surface area contributed by atoms with Crippen LogP contribution < -0.4 is 5.32 Å². The van der Waals surface area contributed by atoms with E-state index < -0.39 is 5.82 Å². The molecule has 0 unspecified atom stereocenters. The fraction of sp³-hybridized carbons (Fsp3) is 0.647. The van der Waals surface area contributed by atoms with Gasteiger partial charge in [-0.05, 0) is 30.9 Å². The monoisotopic (exact) mass is 398 g/mol. The summed E-state index contributed by atoms with van der Waals surface area (Å²) in [4.78, 5) is 2.37. The number of benzene rings is 1. The molecular weight excluding hydrogens is 374 g/mol. The third-order valence-corrected chi connectivity index (χ3v) is 5.38. The molecule has 1 atom stereocenters. The first-order valence-electron chi connectivity index (χ1n) is 8.30. The third kappa shape index (κ3) is 4.67. The zero-order valence-electron chi connectivity index (χ0n) is 13.6. The van der Waals surface area contributed by atoms with Gasteiger partial charge in [0, 0.05) is 42.8 Å². The number of halogens is 4. The average molecular weight is 400 g/mol. The van der Waals surface area contributed by atoms with Crippen molar-refractivity contribution in [2.75, 3.05) is 26.2 Å². The molecule has 1 aliphatic carbocycles. The molecular formula is C17H26Cl3FN2O. The molecule has 1 aliphatic heterocycles. The summed E-state index contributed by atoms with van der Waals surface area (Å²) in [6.07, 6.45) is 5.94. The average Bonchev–Trinajstić information content (AvgIpc) is 2.57. The van der Waals surface area contributed by atoms with Crippen LogP contribution in [0.15, 0.2) is 12.1 Å². The number of rotatable bonds is 3. The second-order valence-electron chi connectivity index (χ2n) is 6.42. The highest BCUT2D eigenvalue weighted by atomic mass is 35.5. The van der Waals surface area contributed by atoms with Gasteiger partial charge in [0.15, 0.2) is 11.6 Å². The van der Waals surface area contributed by atoms with Crippen LogP contribution in [0.2, 0.25) is 5.02 Å². The van der Waals surface area contributed by atoms with Crippen molar-refractivity contribution in [2.24, 2.45) is 5.92 Å². The molecule has 1 heterocycles. The zero-order chi connectivity index (χ0) is 15.5. The van der Waals surface area contributed by atoms with Crippen LogP contribution in [0.3, 0.4) is 0 Å². The Morgan fingerprint density at radius 1 is 1.12 bits per heavy atom. The van der Waals surface area contributed by atoms with Gasteiger partial charge in [0.2, 0.25) is 0 Å². The fourth-order valence-electron chi connectivity index (χ4n) is 3.96. The zero-order valence-corrected chi connectivity index (χ0v) is 16.0. The van der Waals surface area contributed by atoms with Gasteiger partial charge in [-0.3, -0.25) is 4.90 Å². The Morgan fingerprint density at radius 3 is 2.38 bits per heavy atom. The lowest BCUT2D eigenvalue weighted by Gasteiger charge is -2.41. The first kappa shape index (κ1) is 21.8. The molecule has 1 aromatic rings. The van der Waals surface area contributed by atoms with Crippen molar-refractivity contribution in [3.8, 4) is 5.75 Å². The van der Waals surface area contributed by atoms with E-state index in [4.69, 9.17) is 11.6 Å². The van der Waals surface area contributed by atoms with E-state index in [2.05, 4.69) is 10.2 Å². The molecule has 1 aromatic carbocycles. The van der Waals surface area contributed by atoms with Crippen LogP contribution in [-0.4, -0.2) is 36.2 Å². The number of hydrogen-bond acceptors (Lipinski definition) is 3. The summed E-state index contributed by atoms with van der Waals surface area (Å²) >= 11 is 6.37. The molecule has 1 saturated carbocycles. The lowest BCUT2D eigenvalue weighted by atomic mass is 9.79. The van der Waals surface area contributed by atoms with Gasteiger partial charge in [-0.15, -0.1) is 24.8 Å². The Balaban J connectivity index is 0.00000144. The first-order valence-corrected chi connectivity index (χ1v) is 8.68. The smallest absolute Gasteiger partial charge is 0.165 e. The topological polar surface area (TPSA) is 35.5 Å². The van der Waals surface area contributed by atoms with E-state index in [0.29, 0.717) is 16.5 Å². The molecule has 0 aromatic heterocycles. The summed E-state index contributed by atoms with van der Waals surface area (Å²) < 4.78 is 13.9. The number of piperazine rings is 1. The maximum absolute atomic E-state index is 13.9. The van der Waals surface area contributed by atoms with Crippen LogP contribution in [0.1, 0.15) is 43.7 Å². The summed E-state index contributed by atoms with van der Waals surface area (Å²) in [5, 5.41) is 14.1.